The number of hydrogen-bond acceptors (Lipinski definition) is 3. The van der Waals surface area contributed by atoms with Gasteiger partial charge in [-0.3, -0.25) is 4.79 Å². The Bertz CT molecular complexity index is 402. The minimum atomic E-state index is -0.212. The van der Waals surface area contributed by atoms with Crippen molar-refractivity contribution in [3.05, 3.63) is 29.3 Å². The lowest BCUT2D eigenvalue weighted by Gasteiger charge is -2.16. The normalized spacial score (nSPS) is 12.5. The first-order chi connectivity index (χ1) is 7.91. The molecule has 0 saturated heterocycles. The largest absolute Gasteiger partial charge is 0.508 e. The fourth-order valence-corrected chi connectivity index (χ4v) is 1.30. The van der Waals surface area contributed by atoms with Gasteiger partial charge < -0.3 is 16.2 Å². The zero-order valence-corrected chi connectivity index (χ0v) is 10.5. The molecule has 0 aliphatic carbocycles. The molecular formula is C13H20N2O2. The van der Waals surface area contributed by atoms with Gasteiger partial charge in [0.15, 0.2) is 0 Å². The number of nitrogens with two attached hydrogens (primary N) is 1. The van der Waals surface area contributed by atoms with E-state index in [1.807, 2.05) is 13.8 Å². The Balaban J connectivity index is 2.61. The van der Waals surface area contributed by atoms with Crippen LogP contribution in [-0.4, -0.2) is 23.6 Å². The van der Waals surface area contributed by atoms with Crippen LogP contribution in [0.1, 0.15) is 29.8 Å². The predicted octanol–water partition coefficient (Wildman–Crippen LogP) is 1.41. The van der Waals surface area contributed by atoms with E-state index in [1.165, 1.54) is 6.07 Å². The van der Waals surface area contributed by atoms with E-state index in [0.717, 1.165) is 5.56 Å². The Morgan fingerprint density at radius 3 is 2.65 bits per heavy atom. The van der Waals surface area contributed by atoms with Crippen molar-refractivity contribution in [3.63, 3.8) is 0 Å². The van der Waals surface area contributed by atoms with Crippen LogP contribution in [0.25, 0.3) is 0 Å². The highest BCUT2D eigenvalue weighted by Gasteiger charge is 2.11. The molecule has 1 rings (SSSR count). The quantitative estimate of drug-likeness (QED) is 0.740. The second-order valence-corrected chi connectivity index (χ2v) is 4.62. The maximum absolute atomic E-state index is 11.8. The standard InChI is InChI=1S/C13H20N2O2/c1-8(2)11(14)7-15-13(17)10-5-4-9(3)12(16)6-10/h4-6,8,11,16H,7,14H2,1-3H3,(H,15,17). The van der Waals surface area contributed by atoms with Crippen LogP contribution in [0.2, 0.25) is 0 Å². The van der Waals surface area contributed by atoms with Crippen molar-refractivity contribution in [2.24, 2.45) is 11.7 Å². The van der Waals surface area contributed by atoms with E-state index in [9.17, 15) is 9.90 Å². The van der Waals surface area contributed by atoms with Gasteiger partial charge in [0.05, 0.1) is 0 Å². The Morgan fingerprint density at radius 2 is 2.12 bits per heavy atom. The Hall–Kier alpha value is -1.55. The van der Waals surface area contributed by atoms with Crippen molar-refractivity contribution in [3.8, 4) is 5.75 Å². The fraction of sp³-hybridized carbons (Fsp3) is 0.462. The van der Waals surface area contributed by atoms with Crippen LogP contribution >= 0.6 is 0 Å². The zero-order valence-electron chi connectivity index (χ0n) is 10.5. The highest BCUT2D eigenvalue weighted by molar-refractivity contribution is 5.94. The summed E-state index contributed by atoms with van der Waals surface area (Å²) in [4.78, 5) is 11.8. The maximum Gasteiger partial charge on any atom is 0.251 e. The van der Waals surface area contributed by atoms with Crippen LogP contribution in [0, 0.1) is 12.8 Å². The molecule has 0 spiro atoms. The molecule has 0 radical (unpaired) electrons. The van der Waals surface area contributed by atoms with Crippen LogP contribution in [0.3, 0.4) is 0 Å². The van der Waals surface area contributed by atoms with Crippen molar-refractivity contribution < 1.29 is 9.90 Å². The number of nitrogens with one attached hydrogen (secondary N) is 1. The van der Waals surface area contributed by atoms with Crippen LogP contribution in [0.15, 0.2) is 18.2 Å². The van der Waals surface area contributed by atoms with Gasteiger partial charge in [-0.05, 0) is 30.5 Å². The molecule has 0 saturated carbocycles. The summed E-state index contributed by atoms with van der Waals surface area (Å²) in [5.74, 6) is 0.240. The molecule has 1 aromatic carbocycles. The third-order valence-corrected chi connectivity index (χ3v) is 2.83. The van der Waals surface area contributed by atoms with Gasteiger partial charge in [-0.25, -0.2) is 0 Å². The second kappa shape index (κ2) is 5.68. The van der Waals surface area contributed by atoms with Crippen molar-refractivity contribution >= 4 is 5.91 Å². The van der Waals surface area contributed by atoms with Crippen molar-refractivity contribution in [1.82, 2.24) is 5.32 Å². The summed E-state index contributed by atoms with van der Waals surface area (Å²) in [6.07, 6.45) is 0. The molecule has 4 nitrogen and oxygen atoms in total. The molecule has 0 aliphatic rings. The average Bonchev–Trinajstić information content (AvgIpc) is 2.28. The summed E-state index contributed by atoms with van der Waals surface area (Å²) in [7, 11) is 0. The SMILES string of the molecule is Cc1ccc(C(=O)NCC(N)C(C)C)cc1O. The summed E-state index contributed by atoms with van der Waals surface area (Å²) in [5.41, 5.74) is 7.03. The predicted molar refractivity (Wildman–Crippen MR) is 68.0 cm³/mol. The topological polar surface area (TPSA) is 75.4 Å². The zero-order chi connectivity index (χ0) is 13.0. The number of benzene rings is 1. The molecule has 1 amide bonds. The molecule has 94 valence electrons. The lowest BCUT2D eigenvalue weighted by molar-refractivity contribution is 0.0949. The number of rotatable bonds is 4. The van der Waals surface area contributed by atoms with E-state index in [0.29, 0.717) is 18.0 Å². The van der Waals surface area contributed by atoms with Gasteiger partial charge in [0, 0.05) is 18.2 Å². The van der Waals surface area contributed by atoms with Gasteiger partial charge in [0.25, 0.3) is 5.91 Å². The number of carbonyl (C=O) groups excluding carboxylic acids is 1. The number of amides is 1. The van der Waals surface area contributed by atoms with E-state index in [4.69, 9.17) is 5.73 Å². The summed E-state index contributed by atoms with van der Waals surface area (Å²) < 4.78 is 0. The molecule has 4 heteroatoms. The van der Waals surface area contributed by atoms with Crippen molar-refractivity contribution in [1.29, 1.82) is 0 Å². The summed E-state index contributed by atoms with van der Waals surface area (Å²) in [6.45, 7) is 6.24. The maximum atomic E-state index is 11.8. The van der Waals surface area contributed by atoms with Gasteiger partial charge in [-0.2, -0.15) is 0 Å². The molecule has 0 bridgehead atoms. The van der Waals surface area contributed by atoms with E-state index in [1.54, 1.807) is 19.1 Å². The molecule has 1 unspecified atom stereocenters. The summed E-state index contributed by atoms with van der Waals surface area (Å²) >= 11 is 0. The number of carbonyl (C=O) groups is 1. The third kappa shape index (κ3) is 3.75. The van der Waals surface area contributed by atoms with Gasteiger partial charge in [0.1, 0.15) is 5.75 Å². The highest BCUT2D eigenvalue weighted by atomic mass is 16.3. The number of phenolic OH excluding ortho intramolecular Hbond substituents is 1. The highest BCUT2D eigenvalue weighted by Crippen LogP contribution is 2.17. The Morgan fingerprint density at radius 1 is 1.47 bits per heavy atom. The van der Waals surface area contributed by atoms with Crippen LogP contribution in [-0.2, 0) is 0 Å². The minimum absolute atomic E-state index is 0.0574. The van der Waals surface area contributed by atoms with Crippen molar-refractivity contribution in [2.75, 3.05) is 6.54 Å². The molecule has 0 aromatic heterocycles. The average molecular weight is 236 g/mol. The van der Waals surface area contributed by atoms with Crippen LogP contribution < -0.4 is 11.1 Å². The summed E-state index contributed by atoms with van der Waals surface area (Å²) in [6, 6.07) is 4.81. The number of aromatic hydroxyl groups is 1. The first-order valence-electron chi connectivity index (χ1n) is 5.75. The first-order valence-corrected chi connectivity index (χ1v) is 5.75. The van der Waals surface area contributed by atoms with Crippen LogP contribution in [0.5, 0.6) is 5.75 Å². The minimum Gasteiger partial charge on any atom is -0.508 e. The summed E-state index contributed by atoms with van der Waals surface area (Å²) in [5, 5.41) is 12.3. The molecule has 17 heavy (non-hydrogen) atoms. The van der Waals surface area contributed by atoms with E-state index >= 15 is 0 Å². The molecule has 0 heterocycles. The van der Waals surface area contributed by atoms with E-state index in [-0.39, 0.29) is 17.7 Å². The van der Waals surface area contributed by atoms with E-state index < -0.39 is 0 Å². The lowest BCUT2D eigenvalue weighted by atomic mass is 10.1. The van der Waals surface area contributed by atoms with Gasteiger partial charge >= 0.3 is 0 Å². The van der Waals surface area contributed by atoms with Crippen molar-refractivity contribution in [2.45, 2.75) is 26.8 Å². The van der Waals surface area contributed by atoms with Gasteiger partial charge in [-0.15, -0.1) is 0 Å². The Kier molecular flexibility index (Phi) is 4.52. The molecule has 1 aromatic rings. The van der Waals surface area contributed by atoms with Crippen LogP contribution in [0.4, 0.5) is 0 Å². The number of phenols is 1. The van der Waals surface area contributed by atoms with Gasteiger partial charge in [-0.1, -0.05) is 19.9 Å². The second-order valence-electron chi connectivity index (χ2n) is 4.62. The molecule has 0 aliphatic heterocycles. The van der Waals surface area contributed by atoms with Gasteiger partial charge in [0.2, 0.25) is 0 Å². The Labute approximate surface area is 102 Å². The third-order valence-electron chi connectivity index (χ3n) is 2.83. The molecule has 0 fully saturated rings. The van der Waals surface area contributed by atoms with E-state index in [2.05, 4.69) is 5.32 Å². The number of aryl methyl sites for hydroxylation is 1. The molecule has 1 atom stereocenters. The smallest absolute Gasteiger partial charge is 0.251 e. The monoisotopic (exact) mass is 236 g/mol. The first kappa shape index (κ1) is 13.5. The lowest BCUT2D eigenvalue weighted by Crippen LogP contribution is -2.40. The fourth-order valence-electron chi connectivity index (χ4n) is 1.30. The number of hydrogen-bond donors (Lipinski definition) is 3. The molecule has 4 N–H and O–H groups in total. The molecular weight excluding hydrogens is 216 g/mol.